The Morgan fingerprint density at radius 3 is 2.56 bits per heavy atom. The first-order chi connectivity index (χ1) is 8.33. The van der Waals surface area contributed by atoms with Crippen LogP contribution in [0.1, 0.15) is 10.4 Å². The highest BCUT2D eigenvalue weighted by molar-refractivity contribution is 5.93. The number of alkyl halides is 3. The lowest BCUT2D eigenvalue weighted by molar-refractivity contribution is -0.140. The van der Waals surface area contributed by atoms with Crippen LogP contribution in [0.4, 0.5) is 17.6 Å². The molecule has 1 aromatic rings. The normalized spacial score (nSPS) is 11.4. The Hall–Kier alpha value is -1.70. The molecule has 8 heteroatoms. The molecule has 1 aromatic heterocycles. The van der Waals surface area contributed by atoms with Crippen LogP contribution in [-0.2, 0) is 0 Å². The molecule has 0 radical (unpaired) electrons. The van der Waals surface area contributed by atoms with Gasteiger partial charge >= 0.3 is 6.18 Å². The van der Waals surface area contributed by atoms with Gasteiger partial charge in [-0.05, 0) is 6.07 Å². The molecule has 18 heavy (non-hydrogen) atoms. The maximum atomic E-state index is 12.8. The van der Waals surface area contributed by atoms with Crippen LogP contribution < -0.4 is 5.73 Å². The third-order valence-electron chi connectivity index (χ3n) is 2.01. The van der Waals surface area contributed by atoms with E-state index in [-0.39, 0.29) is 18.7 Å². The van der Waals surface area contributed by atoms with Crippen molar-refractivity contribution in [3.05, 3.63) is 29.8 Å². The second kappa shape index (κ2) is 5.76. The lowest BCUT2D eigenvalue weighted by atomic mass is 10.2. The summed E-state index contributed by atoms with van der Waals surface area (Å²) in [6.45, 7) is -1.82. The van der Waals surface area contributed by atoms with Crippen LogP contribution in [0.2, 0.25) is 0 Å². The monoisotopic (exact) mass is 265 g/mol. The summed E-state index contributed by atoms with van der Waals surface area (Å²) in [7, 11) is 0. The lowest BCUT2D eigenvalue weighted by Gasteiger charge is -2.23. The van der Waals surface area contributed by atoms with Gasteiger partial charge in [0.25, 0.3) is 5.91 Å². The molecular formula is C10H11F4N3O. The van der Waals surface area contributed by atoms with Crippen molar-refractivity contribution in [2.45, 2.75) is 6.18 Å². The van der Waals surface area contributed by atoms with E-state index in [1.54, 1.807) is 0 Å². The minimum atomic E-state index is -4.54. The van der Waals surface area contributed by atoms with Gasteiger partial charge in [0.2, 0.25) is 0 Å². The molecule has 0 atom stereocenters. The number of halogens is 4. The fourth-order valence-electron chi connectivity index (χ4n) is 1.34. The summed E-state index contributed by atoms with van der Waals surface area (Å²) in [5.41, 5.74) is 4.90. The van der Waals surface area contributed by atoms with Crippen molar-refractivity contribution in [3.8, 4) is 0 Å². The second-order valence-corrected chi connectivity index (χ2v) is 3.52. The summed E-state index contributed by atoms with van der Waals surface area (Å²) in [6, 6.07) is 0.829. The predicted molar refractivity (Wildman–Crippen MR) is 55.2 cm³/mol. The predicted octanol–water partition coefficient (Wildman–Crippen LogP) is 1.18. The van der Waals surface area contributed by atoms with Gasteiger partial charge in [-0.2, -0.15) is 13.2 Å². The molecule has 0 fully saturated rings. The molecule has 1 rings (SSSR count). The fourth-order valence-corrected chi connectivity index (χ4v) is 1.34. The molecule has 0 aliphatic heterocycles. The summed E-state index contributed by atoms with van der Waals surface area (Å²) >= 11 is 0. The average Bonchev–Trinajstić information content (AvgIpc) is 2.26. The van der Waals surface area contributed by atoms with Gasteiger partial charge < -0.3 is 10.6 Å². The number of pyridine rings is 1. The molecule has 1 heterocycles. The third kappa shape index (κ3) is 4.28. The van der Waals surface area contributed by atoms with Crippen molar-refractivity contribution >= 4 is 5.91 Å². The second-order valence-electron chi connectivity index (χ2n) is 3.52. The van der Waals surface area contributed by atoms with E-state index in [4.69, 9.17) is 5.73 Å². The number of carbonyl (C=O) groups excluding carboxylic acids is 1. The molecule has 100 valence electrons. The van der Waals surface area contributed by atoms with E-state index in [9.17, 15) is 22.4 Å². The molecule has 0 saturated heterocycles. The number of nitrogens with two attached hydrogens (primary N) is 1. The smallest absolute Gasteiger partial charge is 0.329 e. The molecule has 2 N–H and O–H groups in total. The average molecular weight is 265 g/mol. The van der Waals surface area contributed by atoms with E-state index >= 15 is 0 Å². The maximum absolute atomic E-state index is 12.8. The number of nitrogens with zero attached hydrogens (tertiary/aromatic N) is 2. The molecule has 0 saturated carbocycles. The van der Waals surface area contributed by atoms with Crippen molar-refractivity contribution in [1.82, 2.24) is 9.88 Å². The van der Waals surface area contributed by atoms with Crippen molar-refractivity contribution in [3.63, 3.8) is 0 Å². The van der Waals surface area contributed by atoms with Gasteiger partial charge in [-0.1, -0.05) is 0 Å². The molecule has 0 spiro atoms. The summed E-state index contributed by atoms with van der Waals surface area (Å²) < 4.78 is 49.6. The van der Waals surface area contributed by atoms with Crippen molar-refractivity contribution in [2.24, 2.45) is 5.73 Å². The van der Waals surface area contributed by atoms with Gasteiger partial charge in [-0.25, -0.2) is 4.39 Å². The third-order valence-corrected chi connectivity index (χ3v) is 2.01. The number of carbonyl (C=O) groups is 1. The van der Waals surface area contributed by atoms with E-state index in [0.717, 1.165) is 18.5 Å². The van der Waals surface area contributed by atoms with Gasteiger partial charge in [0.15, 0.2) is 0 Å². The van der Waals surface area contributed by atoms with Crippen molar-refractivity contribution in [2.75, 3.05) is 19.6 Å². The minimum Gasteiger partial charge on any atom is -0.329 e. The first kappa shape index (κ1) is 14.4. The molecule has 0 aromatic carbocycles. The number of hydrogen-bond donors (Lipinski definition) is 1. The van der Waals surface area contributed by atoms with Crippen LogP contribution in [0.5, 0.6) is 0 Å². The Bertz CT molecular complexity index is 422. The van der Waals surface area contributed by atoms with Crippen LogP contribution in [0.3, 0.4) is 0 Å². The Morgan fingerprint density at radius 2 is 2.06 bits per heavy atom. The maximum Gasteiger partial charge on any atom is 0.406 e. The largest absolute Gasteiger partial charge is 0.406 e. The minimum absolute atomic E-state index is 0.120. The van der Waals surface area contributed by atoms with E-state index in [1.165, 1.54) is 0 Å². The molecule has 0 bridgehead atoms. The van der Waals surface area contributed by atoms with Crippen molar-refractivity contribution < 1.29 is 22.4 Å². The molecule has 0 aliphatic carbocycles. The summed E-state index contributed by atoms with van der Waals surface area (Å²) in [4.78, 5) is 15.6. The molecule has 4 nitrogen and oxygen atoms in total. The fraction of sp³-hybridized carbons (Fsp3) is 0.400. The highest BCUT2D eigenvalue weighted by Crippen LogP contribution is 2.17. The SMILES string of the molecule is NCCN(CC(F)(F)F)C(=O)c1cncc(F)c1. The van der Waals surface area contributed by atoms with Gasteiger partial charge in [0.1, 0.15) is 12.4 Å². The highest BCUT2D eigenvalue weighted by Gasteiger charge is 2.33. The van der Waals surface area contributed by atoms with Gasteiger partial charge in [-0.15, -0.1) is 0 Å². The Labute approximate surface area is 100 Å². The van der Waals surface area contributed by atoms with Crippen LogP contribution in [0.15, 0.2) is 18.5 Å². The van der Waals surface area contributed by atoms with Crippen LogP contribution in [-0.4, -0.2) is 41.6 Å². The zero-order chi connectivity index (χ0) is 13.8. The van der Waals surface area contributed by atoms with E-state index in [1.807, 2.05) is 0 Å². The van der Waals surface area contributed by atoms with E-state index in [2.05, 4.69) is 4.98 Å². The molecular weight excluding hydrogens is 254 g/mol. The molecule has 0 aliphatic rings. The quantitative estimate of drug-likeness (QED) is 0.832. The van der Waals surface area contributed by atoms with Gasteiger partial charge in [0, 0.05) is 19.3 Å². The number of aromatic nitrogens is 1. The standard InChI is InChI=1S/C10H11F4N3O/c11-8-3-7(4-16-5-8)9(18)17(2-1-15)6-10(12,13)14/h3-5H,1-2,6,15H2. The summed E-state index contributed by atoms with van der Waals surface area (Å²) in [5.74, 6) is -1.75. The highest BCUT2D eigenvalue weighted by atomic mass is 19.4. The van der Waals surface area contributed by atoms with Gasteiger partial charge in [0.05, 0.1) is 11.8 Å². The number of rotatable bonds is 4. The Morgan fingerprint density at radius 1 is 1.39 bits per heavy atom. The zero-order valence-corrected chi connectivity index (χ0v) is 9.25. The molecule has 1 amide bonds. The summed E-state index contributed by atoms with van der Waals surface area (Å²) in [5, 5.41) is 0. The van der Waals surface area contributed by atoms with Crippen molar-refractivity contribution in [1.29, 1.82) is 0 Å². The van der Waals surface area contributed by atoms with Crippen LogP contribution in [0, 0.1) is 5.82 Å². The van der Waals surface area contributed by atoms with E-state index in [0.29, 0.717) is 4.90 Å². The zero-order valence-electron chi connectivity index (χ0n) is 9.25. The Kier molecular flexibility index (Phi) is 4.60. The first-order valence-corrected chi connectivity index (χ1v) is 5.00. The topological polar surface area (TPSA) is 59.2 Å². The first-order valence-electron chi connectivity index (χ1n) is 5.00. The summed E-state index contributed by atoms with van der Waals surface area (Å²) in [6.07, 6.45) is -2.68. The number of amides is 1. The van der Waals surface area contributed by atoms with Gasteiger partial charge in [-0.3, -0.25) is 9.78 Å². The number of hydrogen-bond acceptors (Lipinski definition) is 3. The molecule has 0 unspecified atom stereocenters. The van der Waals surface area contributed by atoms with E-state index < -0.39 is 24.4 Å². The lowest BCUT2D eigenvalue weighted by Crippen LogP contribution is -2.41. The van der Waals surface area contributed by atoms with Crippen LogP contribution in [0.25, 0.3) is 0 Å². The van der Waals surface area contributed by atoms with Crippen LogP contribution >= 0.6 is 0 Å². The Balaban J connectivity index is 2.89.